The molecule has 2 aliphatic heterocycles. The van der Waals surface area contributed by atoms with E-state index in [4.69, 9.17) is 0 Å². The lowest BCUT2D eigenvalue weighted by Crippen LogP contribution is -2.52. The molecule has 24 heavy (non-hydrogen) atoms. The topological polar surface area (TPSA) is 95.0 Å². The highest BCUT2D eigenvalue weighted by atomic mass is 16.2. The van der Waals surface area contributed by atoms with Crippen LogP contribution < -0.4 is 10.2 Å². The van der Waals surface area contributed by atoms with Crippen LogP contribution in [0.3, 0.4) is 0 Å². The highest BCUT2D eigenvalue weighted by Crippen LogP contribution is 2.25. The van der Waals surface area contributed by atoms with Crippen LogP contribution in [0.15, 0.2) is 12.3 Å². The van der Waals surface area contributed by atoms with E-state index in [0.717, 1.165) is 37.1 Å². The summed E-state index contributed by atoms with van der Waals surface area (Å²) in [5.41, 5.74) is 0.866. The molecule has 9 heteroatoms. The highest BCUT2D eigenvalue weighted by molar-refractivity contribution is 5.77. The van der Waals surface area contributed by atoms with E-state index in [1.807, 2.05) is 11.0 Å². The van der Waals surface area contributed by atoms with E-state index in [1.165, 1.54) is 0 Å². The number of piperazine rings is 1. The van der Waals surface area contributed by atoms with Crippen LogP contribution in [0.2, 0.25) is 0 Å². The molecule has 0 aliphatic carbocycles. The van der Waals surface area contributed by atoms with Gasteiger partial charge in [-0.25, -0.2) is 4.79 Å². The van der Waals surface area contributed by atoms with Gasteiger partial charge in [0.2, 0.25) is 5.95 Å². The quantitative estimate of drug-likeness (QED) is 0.853. The zero-order valence-electron chi connectivity index (χ0n) is 13.9. The van der Waals surface area contributed by atoms with Gasteiger partial charge in [0.1, 0.15) is 5.69 Å². The molecule has 4 heterocycles. The van der Waals surface area contributed by atoms with Gasteiger partial charge in [-0.2, -0.15) is 5.10 Å². The van der Waals surface area contributed by atoms with Crippen molar-refractivity contribution in [1.29, 1.82) is 0 Å². The van der Waals surface area contributed by atoms with Gasteiger partial charge in [-0.15, -0.1) is 10.2 Å². The van der Waals surface area contributed by atoms with Gasteiger partial charge in [0.05, 0.1) is 6.04 Å². The summed E-state index contributed by atoms with van der Waals surface area (Å²) in [6, 6.07) is 2.15. The van der Waals surface area contributed by atoms with E-state index in [9.17, 15) is 4.79 Å². The Labute approximate surface area is 140 Å². The van der Waals surface area contributed by atoms with Crippen LogP contribution in [0.1, 0.15) is 13.8 Å². The molecule has 2 amide bonds. The van der Waals surface area contributed by atoms with Crippen molar-refractivity contribution in [2.75, 3.05) is 31.1 Å². The van der Waals surface area contributed by atoms with Crippen molar-refractivity contribution in [2.24, 2.45) is 5.92 Å². The molecule has 2 fully saturated rings. The number of fused-ring (bicyclic) bond motifs is 1. The smallest absolute Gasteiger partial charge is 0.317 e. The van der Waals surface area contributed by atoms with Crippen molar-refractivity contribution in [2.45, 2.75) is 26.4 Å². The lowest BCUT2D eigenvalue weighted by atomic mass is 10.2. The highest BCUT2D eigenvalue weighted by Gasteiger charge is 2.37. The number of H-pyrrole nitrogens is 1. The molecule has 2 aromatic heterocycles. The fourth-order valence-corrected chi connectivity index (χ4v) is 3.43. The molecule has 0 spiro atoms. The van der Waals surface area contributed by atoms with Crippen LogP contribution >= 0.6 is 0 Å². The average molecular weight is 330 g/mol. The molecule has 1 atom stereocenters. The van der Waals surface area contributed by atoms with Crippen molar-refractivity contribution >= 4 is 12.0 Å². The van der Waals surface area contributed by atoms with Crippen LogP contribution in [-0.2, 0) is 6.54 Å². The fourth-order valence-electron chi connectivity index (χ4n) is 3.43. The van der Waals surface area contributed by atoms with E-state index >= 15 is 0 Å². The Hall–Kier alpha value is -2.58. The number of rotatable bonds is 4. The van der Waals surface area contributed by atoms with Crippen LogP contribution in [0.5, 0.6) is 0 Å². The Kier molecular flexibility index (Phi) is 3.62. The summed E-state index contributed by atoms with van der Waals surface area (Å²) in [7, 11) is 0. The molecule has 2 N–H and O–H groups in total. The van der Waals surface area contributed by atoms with E-state index in [0.29, 0.717) is 19.0 Å². The lowest BCUT2D eigenvalue weighted by Gasteiger charge is -2.37. The SMILES string of the molecule is CC(C)Cn1c(-c2ccn[nH]2)nnc1N1CCN2C(=O)NCC2C1. The Morgan fingerprint density at radius 3 is 2.96 bits per heavy atom. The standard InChI is InChI=1S/C15H22N8O/c1-10(2)8-23-13(12-3-4-17-18-12)19-20-14(23)21-5-6-22-11(9-21)7-16-15(22)24/h3-4,10-11H,5-9H2,1-2H3,(H,16,24)(H,17,18). The van der Waals surface area contributed by atoms with Crippen molar-refractivity contribution in [3.8, 4) is 11.5 Å². The summed E-state index contributed by atoms with van der Waals surface area (Å²) in [5.74, 6) is 2.14. The number of nitrogens with zero attached hydrogens (tertiary/aromatic N) is 6. The number of aromatic nitrogens is 5. The molecule has 0 saturated carbocycles. The van der Waals surface area contributed by atoms with Crippen LogP contribution in [0, 0.1) is 5.92 Å². The summed E-state index contributed by atoms with van der Waals surface area (Å²) < 4.78 is 2.15. The van der Waals surface area contributed by atoms with Gasteiger partial charge in [0, 0.05) is 38.9 Å². The van der Waals surface area contributed by atoms with Gasteiger partial charge in [-0.1, -0.05) is 13.8 Å². The maximum atomic E-state index is 11.8. The second-order valence-corrected chi connectivity index (χ2v) is 6.78. The van der Waals surface area contributed by atoms with E-state index in [1.54, 1.807) is 6.20 Å². The Morgan fingerprint density at radius 2 is 2.21 bits per heavy atom. The number of nitrogens with one attached hydrogen (secondary N) is 2. The Morgan fingerprint density at radius 1 is 1.33 bits per heavy atom. The summed E-state index contributed by atoms with van der Waals surface area (Å²) >= 11 is 0. The molecule has 2 saturated heterocycles. The van der Waals surface area contributed by atoms with E-state index in [2.05, 4.69) is 49.0 Å². The molecule has 0 radical (unpaired) electrons. The number of carbonyl (C=O) groups excluding carboxylic acids is 1. The third-order valence-electron chi connectivity index (χ3n) is 4.54. The summed E-state index contributed by atoms with van der Waals surface area (Å²) in [4.78, 5) is 15.9. The first-order chi connectivity index (χ1) is 11.6. The molecule has 2 aromatic rings. The second-order valence-electron chi connectivity index (χ2n) is 6.78. The zero-order valence-corrected chi connectivity index (χ0v) is 13.9. The number of hydrogen-bond donors (Lipinski definition) is 2. The number of aromatic amines is 1. The molecular weight excluding hydrogens is 308 g/mol. The number of urea groups is 1. The van der Waals surface area contributed by atoms with Gasteiger partial charge in [0.15, 0.2) is 5.82 Å². The largest absolute Gasteiger partial charge is 0.337 e. The second kappa shape index (κ2) is 5.81. The molecular formula is C15H22N8O. The molecule has 4 rings (SSSR count). The average Bonchev–Trinajstić information content (AvgIpc) is 3.27. The molecule has 128 valence electrons. The summed E-state index contributed by atoms with van der Waals surface area (Å²) in [6.45, 7) is 8.14. The van der Waals surface area contributed by atoms with Gasteiger partial charge < -0.3 is 15.1 Å². The molecule has 0 aromatic carbocycles. The van der Waals surface area contributed by atoms with Crippen molar-refractivity contribution < 1.29 is 4.79 Å². The zero-order chi connectivity index (χ0) is 16.7. The minimum absolute atomic E-state index is 0.0430. The van der Waals surface area contributed by atoms with Gasteiger partial charge in [0.25, 0.3) is 0 Å². The number of carbonyl (C=O) groups is 1. The molecule has 2 aliphatic rings. The minimum atomic E-state index is 0.0430. The predicted octanol–water partition coefficient (Wildman–Crippen LogP) is 0.538. The maximum absolute atomic E-state index is 11.8. The minimum Gasteiger partial charge on any atom is -0.337 e. The van der Waals surface area contributed by atoms with Crippen LogP contribution in [0.4, 0.5) is 10.7 Å². The number of amides is 2. The predicted molar refractivity (Wildman–Crippen MR) is 88.5 cm³/mol. The molecule has 1 unspecified atom stereocenters. The summed E-state index contributed by atoms with van der Waals surface area (Å²) in [6.07, 6.45) is 1.72. The Bertz CT molecular complexity index is 722. The van der Waals surface area contributed by atoms with E-state index in [-0.39, 0.29) is 12.1 Å². The lowest BCUT2D eigenvalue weighted by molar-refractivity contribution is 0.197. The maximum Gasteiger partial charge on any atom is 0.317 e. The third kappa shape index (κ3) is 2.49. The first kappa shape index (κ1) is 15.0. The van der Waals surface area contributed by atoms with Gasteiger partial charge >= 0.3 is 6.03 Å². The monoisotopic (exact) mass is 330 g/mol. The van der Waals surface area contributed by atoms with Gasteiger partial charge in [-0.3, -0.25) is 9.67 Å². The third-order valence-corrected chi connectivity index (χ3v) is 4.54. The van der Waals surface area contributed by atoms with Crippen molar-refractivity contribution in [1.82, 2.24) is 35.2 Å². The molecule has 9 nitrogen and oxygen atoms in total. The van der Waals surface area contributed by atoms with Crippen molar-refractivity contribution in [3.05, 3.63) is 12.3 Å². The van der Waals surface area contributed by atoms with Crippen molar-refractivity contribution in [3.63, 3.8) is 0 Å². The normalized spacial score (nSPS) is 20.6. The first-order valence-corrected chi connectivity index (χ1v) is 8.36. The fraction of sp³-hybridized carbons (Fsp3) is 0.600. The Balaban J connectivity index is 1.64. The van der Waals surface area contributed by atoms with E-state index < -0.39 is 0 Å². The summed E-state index contributed by atoms with van der Waals surface area (Å²) in [5, 5.41) is 18.7. The number of hydrogen-bond acceptors (Lipinski definition) is 5. The van der Waals surface area contributed by atoms with Crippen LogP contribution in [0.25, 0.3) is 11.5 Å². The number of anilines is 1. The van der Waals surface area contributed by atoms with Crippen LogP contribution in [-0.4, -0.2) is 68.1 Å². The first-order valence-electron chi connectivity index (χ1n) is 8.36. The van der Waals surface area contributed by atoms with Gasteiger partial charge in [-0.05, 0) is 12.0 Å². The molecule has 0 bridgehead atoms.